The van der Waals surface area contributed by atoms with Crippen LogP contribution in [0, 0.1) is 11.8 Å². The molecule has 6 heteroatoms. The molecule has 0 radical (unpaired) electrons. The first kappa shape index (κ1) is 20.1. The van der Waals surface area contributed by atoms with Gasteiger partial charge >= 0.3 is 0 Å². The Kier molecular flexibility index (Phi) is 6.37. The van der Waals surface area contributed by atoms with E-state index in [1.165, 1.54) is 6.42 Å². The lowest BCUT2D eigenvalue weighted by atomic mass is 9.73. The first-order valence-corrected chi connectivity index (χ1v) is 9.38. The normalized spacial score (nSPS) is 27.8. The van der Waals surface area contributed by atoms with Crippen molar-refractivity contribution in [3.05, 3.63) is 48.7 Å². The summed E-state index contributed by atoms with van der Waals surface area (Å²) >= 11 is 0. The van der Waals surface area contributed by atoms with Crippen molar-refractivity contribution >= 4 is 23.3 Å². The molecule has 0 saturated carbocycles. The van der Waals surface area contributed by atoms with E-state index in [0.29, 0.717) is 17.6 Å². The Balaban J connectivity index is 0.00000210. The van der Waals surface area contributed by atoms with Crippen LogP contribution in [-0.2, 0) is 0 Å². The van der Waals surface area contributed by atoms with E-state index in [4.69, 9.17) is 9.84 Å². The van der Waals surface area contributed by atoms with Gasteiger partial charge in [-0.15, -0.1) is 19.0 Å². The molecule has 2 N–H and O–H groups in total. The van der Waals surface area contributed by atoms with Crippen LogP contribution < -0.4 is 4.74 Å². The Morgan fingerprint density at radius 2 is 2.22 bits per heavy atom. The minimum Gasteiger partial charge on any atom is -0.491 e. The maximum Gasteiger partial charge on any atom is 0.120 e. The molecule has 27 heavy (non-hydrogen) atoms. The largest absolute Gasteiger partial charge is 0.491 e. The third-order valence-electron chi connectivity index (χ3n) is 5.94. The van der Waals surface area contributed by atoms with Gasteiger partial charge in [-0.3, -0.25) is 9.88 Å². The van der Waals surface area contributed by atoms with Crippen molar-refractivity contribution in [3.63, 3.8) is 0 Å². The molecular formula is C21H27ClN2O3. The van der Waals surface area contributed by atoms with Gasteiger partial charge in [0.25, 0.3) is 0 Å². The fourth-order valence-corrected chi connectivity index (χ4v) is 4.57. The minimum absolute atomic E-state index is 0. The molecule has 1 aromatic heterocycles. The fourth-order valence-electron chi connectivity index (χ4n) is 4.57. The van der Waals surface area contributed by atoms with Crippen molar-refractivity contribution in [3.8, 4) is 5.75 Å². The molecular weight excluding hydrogens is 364 g/mol. The molecule has 3 aliphatic heterocycles. The van der Waals surface area contributed by atoms with Gasteiger partial charge in [-0.1, -0.05) is 6.08 Å². The highest BCUT2D eigenvalue weighted by molar-refractivity contribution is 5.85. The molecule has 2 aromatic rings. The van der Waals surface area contributed by atoms with Gasteiger partial charge in [0.1, 0.15) is 12.4 Å². The van der Waals surface area contributed by atoms with E-state index in [2.05, 4.69) is 22.5 Å². The lowest BCUT2D eigenvalue weighted by Gasteiger charge is -2.50. The summed E-state index contributed by atoms with van der Waals surface area (Å²) in [5.74, 6) is 1.85. The summed E-state index contributed by atoms with van der Waals surface area (Å²) in [5, 5.41) is 21.1. The number of ether oxygens (including phenoxy) is 1. The second kappa shape index (κ2) is 8.57. The Morgan fingerprint density at radius 1 is 1.37 bits per heavy atom. The van der Waals surface area contributed by atoms with Gasteiger partial charge in [-0.25, -0.2) is 0 Å². The lowest BCUT2D eigenvalue weighted by molar-refractivity contribution is -0.0444. The minimum atomic E-state index is -0.554. The molecule has 5 rings (SSSR count). The summed E-state index contributed by atoms with van der Waals surface area (Å²) in [6, 6.07) is 7.72. The van der Waals surface area contributed by atoms with Gasteiger partial charge in [-0.05, 0) is 61.1 Å². The van der Waals surface area contributed by atoms with Crippen LogP contribution in [0.3, 0.4) is 0 Å². The van der Waals surface area contributed by atoms with Gasteiger partial charge in [-0.2, -0.15) is 0 Å². The first-order chi connectivity index (χ1) is 12.7. The van der Waals surface area contributed by atoms with Crippen LogP contribution in [0.5, 0.6) is 5.75 Å². The molecule has 3 saturated heterocycles. The average Bonchev–Trinajstić information content (AvgIpc) is 2.71. The number of hydrogen-bond donors (Lipinski definition) is 2. The zero-order chi connectivity index (χ0) is 18.1. The highest BCUT2D eigenvalue weighted by atomic mass is 35.5. The van der Waals surface area contributed by atoms with E-state index in [0.717, 1.165) is 36.0 Å². The molecule has 1 aromatic carbocycles. The Bertz CT molecular complexity index is 800. The van der Waals surface area contributed by atoms with Crippen LogP contribution >= 0.6 is 12.4 Å². The standard InChI is InChI=1S/C21H26N2O3.ClH/c1-2-14-13-23-8-6-15(14)11-20(23)21(25)17-5-7-22-19-4-3-16(12-18(17)19)26-10-9-24;/h2-5,7,12,14-15,20-21,24-25H,1,6,8-11,13H2;1H. The summed E-state index contributed by atoms with van der Waals surface area (Å²) in [6.07, 6.45) is 5.48. The average molecular weight is 391 g/mol. The third-order valence-corrected chi connectivity index (χ3v) is 5.94. The Labute approximate surface area is 166 Å². The fraction of sp³-hybridized carbons (Fsp3) is 0.476. The number of aliphatic hydroxyl groups excluding tert-OH is 2. The second-order valence-electron chi connectivity index (χ2n) is 7.34. The highest BCUT2D eigenvalue weighted by Gasteiger charge is 2.42. The summed E-state index contributed by atoms with van der Waals surface area (Å²) < 4.78 is 5.54. The van der Waals surface area contributed by atoms with Gasteiger partial charge in [0.05, 0.1) is 18.2 Å². The van der Waals surface area contributed by atoms with Crippen molar-refractivity contribution in [1.29, 1.82) is 0 Å². The van der Waals surface area contributed by atoms with Crippen molar-refractivity contribution in [2.75, 3.05) is 26.3 Å². The van der Waals surface area contributed by atoms with Gasteiger partial charge in [0, 0.05) is 24.2 Å². The molecule has 0 aliphatic carbocycles. The second-order valence-corrected chi connectivity index (χ2v) is 7.34. The Morgan fingerprint density at radius 3 is 2.93 bits per heavy atom. The summed E-state index contributed by atoms with van der Waals surface area (Å²) in [6.45, 7) is 6.24. The molecule has 146 valence electrons. The Hall–Kier alpha value is -1.66. The summed E-state index contributed by atoms with van der Waals surface area (Å²) in [4.78, 5) is 6.83. The third kappa shape index (κ3) is 3.83. The predicted octanol–water partition coefficient (Wildman–Crippen LogP) is 2.96. The quantitative estimate of drug-likeness (QED) is 0.742. The number of hydrogen-bond acceptors (Lipinski definition) is 5. The van der Waals surface area contributed by atoms with Crippen molar-refractivity contribution in [1.82, 2.24) is 9.88 Å². The maximum absolute atomic E-state index is 11.2. The van der Waals surface area contributed by atoms with E-state index in [-0.39, 0.29) is 31.7 Å². The SMILES string of the molecule is C=CC1CN2CCC1CC2C(O)c1ccnc2ccc(OCCO)cc12.Cl. The van der Waals surface area contributed by atoms with E-state index < -0.39 is 6.10 Å². The van der Waals surface area contributed by atoms with E-state index in [1.807, 2.05) is 24.3 Å². The summed E-state index contributed by atoms with van der Waals surface area (Å²) in [7, 11) is 0. The van der Waals surface area contributed by atoms with Gasteiger partial charge in [0.2, 0.25) is 0 Å². The van der Waals surface area contributed by atoms with Crippen molar-refractivity contribution in [2.24, 2.45) is 11.8 Å². The smallest absolute Gasteiger partial charge is 0.120 e. The predicted molar refractivity (Wildman–Crippen MR) is 108 cm³/mol. The van der Waals surface area contributed by atoms with Crippen LogP contribution in [0.15, 0.2) is 43.1 Å². The number of piperidine rings is 3. The number of fused-ring (bicyclic) bond motifs is 4. The van der Waals surface area contributed by atoms with E-state index in [9.17, 15) is 5.11 Å². The van der Waals surface area contributed by atoms with Gasteiger partial charge < -0.3 is 14.9 Å². The zero-order valence-corrected chi connectivity index (χ0v) is 16.1. The molecule has 5 atom stereocenters. The molecule has 0 spiro atoms. The van der Waals surface area contributed by atoms with Crippen LogP contribution in [0.1, 0.15) is 24.5 Å². The number of nitrogens with zero attached hydrogens (tertiary/aromatic N) is 2. The molecule has 3 fully saturated rings. The lowest BCUT2D eigenvalue weighted by Crippen LogP contribution is -2.54. The molecule has 2 bridgehead atoms. The van der Waals surface area contributed by atoms with E-state index in [1.54, 1.807) is 6.20 Å². The monoisotopic (exact) mass is 390 g/mol. The van der Waals surface area contributed by atoms with Crippen molar-refractivity contribution < 1.29 is 14.9 Å². The van der Waals surface area contributed by atoms with Crippen LogP contribution in [0.25, 0.3) is 10.9 Å². The molecule has 5 nitrogen and oxygen atoms in total. The van der Waals surface area contributed by atoms with E-state index >= 15 is 0 Å². The molecule has 4 heterocycles. The first-order valence-electron chi connectivity index (χ1n) is 9.38. The number of benzene rings is 1. The van der Waals surface area contributed by atoms with Crippen LogP contribution in [0.4, 0.5) is 0 Å². The number of halogens is 1. The number of aliphatic hydroxyl groups is 2. The zero-order valence-electron chi connectivity index (χ0n) is 15.3. The number of aromatic nitrogens is 1. The number of pyridine rings is 1. The maximum atomic E-state index is 11.2. The molecule has 0 amide bonds. The topological polar surface area (TPSA) is 65.8 Å². The van der Waals surface area contributed by atoms with Crippen LogP contribution in [0.2, 0.25) is 0 Å². The summed E-state index contributed by atoms with van der Waals surface area (Å²) in [5.41, 5.74) is 1.75. The number of rotatable bonds is 6. The van der Waals surface area contributed by atoms with Gasteiger partial charge in [0.15, 0.2) is 0 Å². The van der Waals surface area contributed by atoms with Crippen LogP contribution in [-0.4, -0.2) is 52.4 Å². The molecule has 3 aliphatic rings. The molecule has 5 unspecified atom stereocenters. The van der Waals surface area contributed by atoms with Crippen molar-refractivity contribution in [2.45, 2.75) is 25.0 Å². The highest BCUT2D eigenvalue weighted by Crippen LogP contribution is 2.42.